The van der Waals surface area contributed by atoms with Gasteiger partial charge in [-0.15, -0.1) is 0 Å². The minimum Gasteiger partial charge on any atom is -0.378 e. The van der Waals surface area contributed by atoms with Crippen LogP contribution in [0, 0.1) is 19.8 Å². The molecular formula is C17H22N6O2. The highest BCUT2D eigenvalue weighted by atomic mass is 16.5. The lowest BCUT2D eigenvalue weighted by Gasteiger charge is -2.42. The summed E-state index contributed by atoms with van der Waals surface area (Å²) in [5.41, 5.74) is 1.99. The fourth-order valence-electron chi connectivity index (χ4n) is 3.35. The number of rotatable bonds is 3. The molecule has 0 spiro atoms. The van der Waals surface area contributed by atoms with E-state index in [9.17, 15) is 4.79 Å². The topological polar surface area (TPSA) is 76.4 Å². The van der Waals surface area contributed by atoms with E-state index in [1.54, 1.807) is 6.33 Å². The molecule has 0 unspecified atom stereocenters. The van der Waals surface area contributed by atoms with Crippen molar-refractivity contribution in [2.75, 3.05) is 44.3 Å². The van der Waals surface area contributed by atoms with Crippen LogP contribution >= 0.6 is 0 Å². The largest absolute Gasteiger partial charge is 0.378 e. The standard InChI is InChI=1S/C17H22N6O2/c1-12-7-13(2)23(20-12)16-8-15(18-11-19-16)22-9-14(10-22)17(24)21-3-5-25-6-4-21/h7-8,11,14H,3-6,9-10H2,1-2H3. The van der Waals surface area contributed by atoms with E-state index < -0.39 is 0 Å². The molecule has 8 nitrogen and oxygen atoms in total. The summed E-state index contributed by atoms with van der Waals surface area (Å²) in [6.45, 7) is 8.04. The highest BCUT2D eigenvalue weighted by Gasteiger charge is 2.36. The molecule has 0 N–H and O–H groups in total. The van der Waals surface area contributed by atoms with Gasteiger partial charge in [0.25, 0.3) is 0 Å². The van der Waals surface area contributed by atoms with Crippen LogP contribution in [-0.2, 0) is 9.53 Å². The lowest BCUT2D eigenvalue weighted by Crippen LogP contribution is -2.56. The first-order valence-corrected chi connectivity index (χ1v) is 8.59. The van der Waals surface area contributed by atoms with Crippen molar-refractivity contribution >= 4 is 11.7 Å². The minimum absolute atomic E-state index is 0.0465. The average Bonchev–Trinajstić information content (AvgIpc) is 2.93. The summed E-state index contributed by atoms with van der Waals surface area (Å²) in [6, 6.07) is 3.94. The lowest BCUT2D eigenvalue weighted by molar-refractivity contribution is -0.140. The van der Waals surface area contributed by atoms with Crippen molar-refractivity contribution in [2.45, 2.75) is 13.8 Å². The van der Waals surface area contributed by atoms with Crippen LogP contribution in [0.2, 0.25) is 0 Å². The van der Waals surface area contributed by atoms with Crippen LogP contribution in [0.15, 0.2) is 18.5 Å². The Morgan fingerprint density at radius 3 is 2.52 bits per heavy atom. The first-order valence-electron chi connectivity index (χ1n) is 8.59. The molecule has 0 saturated carbocycles. The molecule has 25 heavy (non-hydrogen) atoms. The SMILES string of the molecule is Cc1cc(C)n(-c2cc(N3CC(C(=O)N4CCOCC4)C3)ncn2)n1. The predicted molar refractivity (Wildman–Crippen MR) is 91.7 cm³/mol. The van der Waals surface area contributed by atoms with Gasteiger partial charge in [0.15, 0.2) is 5.82 Å². The van der Waals surface area contributed by atoms with Crippen molar-refractivity contribution in [3.8, 4) is 5.82 Å². The maximum Gasteiger partial charge on any atom is 0.229 e. The van der Waals surface area contributed by atoms with Gasteiger partial charge in [-0.2, -0.15) is 5.10 Å². The molecule has 4 rings (SSSR count). The second-order valence-corrected chi connectivity index (χ2v) is 6.61. The van der Waals surface area contributed by atoms with Crippen LogP contribution < -0.4 is 4.90 Å². The van der Waals surface area contributed by atoms with Crippen LogP contribution in [0.25, 0.3) is 5.82 Å². The average molecular weight is 342 g/mol. The Morgan fingerprint density at radius 2 is 1.84 bits per heavy atom. The Kier molecular flexibility index (Phi) is 4.12. The van der Waals surface area contributed by atoms with Crippen molar-refractivity contribution in [2.24, 2.45) is 5.92 Å². The van der Waals surface area contributed by atoms with Crippen molar-refractivity contribution in [1.82, 2.24) is 24.6 Å². The third-order valence-corrected chi connectivity index (χ3v) is 4.74. The number of carbonyl (C=O) groups is 1. The summed E-state index contributed by atoms with van der Waals surface area (Å²) in [5, 5.41) is 4.46. The first kappa shape index (κ1) is 16.0. The van der Waals surface area contributed by atoms with Crippen LogP contribution in [0.5, 0.6) is 0 Å². The van der Waals surface area contributed by atoms with E-state index >= 15 is 0 Å². The van der Waals surface area contributed by atoms with Gasteiger partial charge in [0.1, 0.15) is 12.1 Å². The normalized spacial score (nSPS) is 18.3. The molecule has 2 aliphatic heterocycles. The van der Waals surface area contributed by atoms with Gasteiger partial charge in [-0.3, -0.25) is 4.79 Å². The molecule has 2 fully saturated rings. The van der Waals surface area contributed by atoms with Crippen molar-refractivity contribution in [3.05, 3.63) is 29.8 Å². The van der Waals surface area contributed by atoms with Gasteiger partial charge in [-0.05, 0) is 19.9 Å². The summed E-state index contributed by atoms with van der Waals surface area (Å²) in [6.07, 6.45) is 1.55. The van der Waals surface area contributed by atoms with E-state index in [1.165, 1.54) is 0 Å². The van der Waals surface area contributed by atoms with E-state index in [-0.39, 0.29) is 11.8 Å². The quantitative estimate of drug-likeness (QED) is 0.812. The summed E-state index contributed by atoms with van der Waals surface area (Å²) in [5.74, 6) is 1.86. The summed E-state index contributed by atoms with van der Waals surface area (Å²) >= 11 is 0. The van der Waals surface area contributed by atoms with Gasteiger partial charge in [0.2, 0.25) is 5.91 Å². The van der Waals surface area contributed by atoms with E-state index in [1.807, 2.05) is 35.6 Å². The van der Waals surface area contributed by atoms with Gasteiger partial charge in [0, 0.05) is 37.9 Å². The molecule has 2 aromatic rings. The highest BCUT2D eigenvalue weighted by molar-refractivity contribution is 5.82. The maximum absolute atomic E-state index is 12.5. The Bertz CT molecular complexity index is 777. The second kappa shape index (κ2) is 6.44. The van der Waals surface area contributed by atoms with Crippen molar-refractivity contribution in [1.29, 1.82) is 0 Å². The van der Waals surface area contributed by atoms with Crippen LogP contribution in [0.4, 0.5) is 5.82 Å². The third-order valence-electron chi connectivity index (χ3n) is 4.74. The number of carbonyl (C=O) groups excluding carboxylic acids is 1. The number of hydrogen-bond donors (Lipinski definition) is 0. The lowest BCUT2D eigenvalue weighted by atomic mass is 9.98. The molecule has 0 aromatic carbocycles. The number of nitrogens with zero attached hydrogens (tertiary/aromatic N) is 6. The number of anilines is 1. The zero-order valence-corrected chi connectivity index (χ0v) is 14.6. The van der Waals surface area contributed by atoms with E-state index in [2.05, 4.69) is 20.0 Å². The Hall–Kier alpha value is -2.48. The van der Waals surface area contributed by atoms with Crippen LogP contribution in [-0.4, -0.2) is 69.9 Å². The molecule has 2 aliphatic rings. The maximum atomic E-state index is 12.5. The molecule has 0 bridgehead atoms. The fourth-order valence-corrected chi connectivity index (χ4v) is 3.35. The molecule has 0 aliphatic carbocycles. The van der Waals surface area contributed by atoms with E-state index in [4.69, 9.17) is 4.74 Å². The molecule has 2 saturated heterocycles. The molecule has 8 heteroatoms. The van der Waals surface area contributed by atoms with Gasteiger partial charge >= 0.3 is 0 Å². The van der Waals surface area contributed by atoms with E-state index in [0.717, 1.165) is 23.0 Å². The van der Waals surface area contributed by atoms with Crippen LogP contribution in [0.3, 0.4) is 0 Å². The van der Waals surface area contributed by atoms with Crippen molar-refractivity contribution in [3.63, 3.8) is 0 Å². The number of aryl methyl sites for hydroxylation is 2. The molecule has 0 radical (unpaired) electrons. The molecule has 4 heterocycles. The molecule has 0 atom stereocenters. The Labute approximate surface area is 146 Å². The monoisotopic (exact) mass is 342 g/mol. The molecular weight excluding hydrogens is 320 g/mol. The summed E-state index contributed by atoms with van der Waals surface area (Å²) < 4.78 is 7.12. The number of amides is 1. The summed E-state index contributed by atoms with van der Waals surface area (Å²) in [7, 11) is 0. The minimum atomic E-state index is 0.0465. The third kappa shape index (κ3) is 3.09. The molecule has 2 aromatic heterocycles. The fraction of sp³-hybridized carbons (Fsp3) is 0.529. The first-order chi connectivity index (χ1) is 12.1. The zero-order chi connectivity index (χ0) is 17.4. The second-order valence-electron chi connectivity index (χ2n) is 6.61. The predicted octanol–water partition coefficient (Wildman–Crippen LogP) is 0.574. The van der Waals surface area contributed by atoms with Gasteiger partial charge in [-0.25, -0.2) is 14.6 Å². The zero-order valence-electron chi connectivity index (χ0n) is 14.6. The van der Waals surface area contributed by atoms with Crippen LogP contribution in [0.1, 0.15) is 11.4 Å². The molecule has 132 valence electrons. The summed E-state index contributed by atoms with van der Waals surface area (Å²) in [4.78, 5) is 25.2. The Balaban J connectivity index is 1.43. The Morgan fingerprint density at radius 1 is 1.12 bits per heavy atom. The van der Waals surface area contributed by atoms with Gasteiger partial charge < -0.3 is 14.5 Å². The number of morpholine rings is 1. The number of ether oxygens (including phenoxy) is 1. The number of aromatic nitrogens is 4. The van der Waals surface area contributed by atoms with Gasteiger partial charge in [0.05, 0.1) is 24.8 Å². The highest BCUT2D eigenvalue weighted by Crippen LogP contribution is 2.25. The molecule has 1 amide bonds. The van der Waals surface area contributed by atoms with Gasteiger partial charge in [-0.1, -0.05) is 0 Å². The van der Waals surface area contributed by atoms with Crippen molar-refractivity contribution < 1.29 is 9.53 Å². The smallest absolute Gasteiger partial charge is 0.229 e. The number of hydrogen-bond acceptors (Lipinski definition) is 6. The van der Waals surface area contributed by atoms with E-state index in [0.29, 0.717) is 39.4 Å².